The average Bonchev–Trinajstić information content (AvgIpc) is 2.31. The van der Waals surface area contributed by atoms with Crippen molar-refractivity contribution < 1.29 is 14.5 Å². The number of carbonyl (C=O) groups is 2. The van der Waals surface area contributed by atoms with E-state index in [1.807, 2.05) is 13.8 Å². The summed E-state index contributed by atoms with van der Waals surface area (Å²) in [6, 6.07) is 5.44. The van der Waals surface area contributed by atoms with E-state index in [4.69, 9.17) is 0 Å². The Bertz CT molecular complexity index is 423. The quantitative estimate of drug-likeness (QED) is 0.468. The molecule has 1 aromatic rings. The van der Waals surface area contributed by atoms with E-state index in [1.165, 1.54) is 38.1 Å². The third kappa shape index (κ3) is 4.08. The van der Waals surface area contributed by atoms with Gasteiger partial charge in [0.15, 0.2) is 0 Å². The van der Waals surface area contributed by atoms with Gasteiger partial charge in [-0.1, -0.05) is 26.0 Å². The van der Waals surface area contributed by atoms with Crippen LogP contribution in [0.25, 0.3) is 0 Å². The number of carbonyl (C=O) groups excluding carboxylic acids is 2. The molecule has 0 bridgehead atoms. The number of Topliss-reactive ketones (excluding diaryl/α,β-unsaturated/α-hetero) is 2. The Kier molecular flexibility index (Phi) is 6.49. The van der Waals surface area contributed by atoms with Crippen LogP contribution in [0.3, 0.4) is 0 Å². The number of nitrogens with zero attached hydrogens (tertiary/aromatic N) is 1. The first kappa shape index (κ1) is 16.0. The third-order valence-electron chi connectivity index (χ3n) is 2.25. The lowest BCUT2D eigenvalue weighted by Gasteiger charge is -2.09. The molecule has 1 rings (SSSR count). The maximum absolute atomic E-state index is 11.2. The molecule has 0 heterocycles. The molecule has 18 heavy (non-hydrogen) atoms. The first-order valence-electron chi connectivity index (χ1n) is 5.68. The van der Waals surface area contributed by atoms with Gasteiger partial charge in [0.05, 0.1) is 4.92 Å². The van der Waals surface area contributed by atoms with E-state index >= 15 is 0 Å². The van der Waals surface area contributed by atoms with Crippen LogP contribution < -0.4 is 0 Å². The van der Waals surface area contributed by atoms with E-state index in [1.54, 1.807) is 0 Å². The number of nitro benzene ring substituents is 1. The van der Waals surface area contributed by atoms with E-state index in [0.717, 1.165) is 0 Å². The minimum Gasteiger partial charge on any atom is -0.299 e. The van der Waals surface area contributed by atoms with Gasteiger partial charge < -0.3 is 0 Å². The molecule has 0 spiro atoms. The van der Waals surface area contributed by atoms with Gasteiger partial charge in [0, 0.05) is 12.1 Å². The Morgan fingerprint density at radius 1 is 1.06 bits per heavy atom. The van der Waals surface area contributed by atoms with Crippen LogP contribution >= 0.6 is 0 Å². The lowest BCUT2D eigenvalue weighted by Crippen LogP contribution is -2.16. The lowest BCUT2D eigenvalue weighted by molar-refractivity contribution is -0.384. The van der Waals surface area contributed by atoms with Crippen molar-refractivity contribution in [2.24, 2.45) is 0 Å². The molecule has 0 atom stereocenters. The summed E-state index contributed by atoms with van der Waals surface area (Å²) >= 11 is 0. The smallest absolute Gasteiger partial charge is 0.269 e. The number of hydrogen-bond acceptors (Lipinski definition) is 4. The van der Waals surface area contributed by atoms with Crippen molar-refractivity contribution in [1.29, 1.82) is 0 Å². The normalized spacial score (nSPS) is 9.39. The van der Waals surface area contributed by atoms with Gasteiger partial charge >= 0.3 is 0 Å². The minimum atomic E-state index is -0.819. The van der Waals surface area contributed by atoms with Gasteiger partial charge in [0.25, 0.3) is 5.69 Å². The predicted octanol–water partition coefficient (Wildman–Crippen LogP) is 2.88. The fourth-order valence-electron chi connectivity index (χ4n) is 1.54. The van der Waals surface area contributed by atoms with Crippen LogP contribution in [0, 0.1) is 10.1 Å². The molecule has 0 unspecified atom stereocenters. The van der Waals surface area contributed by atoms with Crippen LogP contribution in [-0.2, 0) is 9.59 Å². The van der Waals surface area contributed by atoms with Crippen molar-refractivity contribution >= 4 is 17.3 Å². The van der Waals surface area contributed by atoms with E-state index < -0.39 is 10.8 Å². The molecular formula is C13H17NO4. The highest BCUT2D eigenvalue weighted by molar-refractivity contribution is 6.05. The van der Waals surface area contributed by atoms with Gasteiger partial charge in [0.2, 0.25) is 0 Å². The lowest BCUT2D eigenvalue weighted by atomic mass is 9.92. The van der Waals surface area contributed by atoms with E-state index in [-0.39, 0.29) is 17.3 Å². The summed E-state index contributed by atoms with van der Waals surface area (Å²) in [5, 5.41) is 10.4. The third-order valence-corrected chi connectivity index (χ3v) is 2.25. The number of hydrogen-bond donors (Lipinski definition) is 0. The predicted molar refractivity (Wildman–Crippen MR) is 68.5 cm³/mol. The van der Waals surface area contributed by atoms with Crippen molar-refractivity contribution in [1.82, 2.24) is 0 Å². The number of rotatable bonds is 4. The SMILES string of the molecule is CC.CC(=O)C(C(C)=O)c1ccc([N+](=O)[O-])cc1. The molecule has 0 N–H and O–H groups in total. The zero-order chi connectivity index (χ0) is 14.3. The molecule has 5 nitrogen and oxygen atoms in total. The van der Waals surface area contributed by atoms with Gasteiger partial charge in [-0.2, -0.15) is 0 Å². The molecule has 0 aliphatic heterocycles. The number of ketones is 2. The van der Waals surface area contributed by atoms with Crippen molar-refractivity contribution in [2.75, 3.05) is 0 Å². The van der Waals surface area contributed by atoms with E-state index in [9.17, 15) is 19.7 Å². The topological polar surface area (TPSA) is 77.3 Å². The van der Waals surface area contributed by atoms with E-state index in [2.05, 4.69) is 0 Å². The zero-order valence-corrected chi connectivity index (χ0v) is 11.0. The Labute approximate surface area is 106 Å². The van der Waals surface area contributed by atoms with E-state index in [0.29, 0.717) is 5.56 Å². The van der Waals surface area contributed by atoms with Crippen molar-refractivity contribution in [3.8, 4) is 0 Å². The van der Waals surface area contributed by atoms with Crippen LogP contribution in [0.1, 0.15) is 39.2 Å². The Morgan fingerprint density at radius 2 is 1.44 bits per heavy atom. The molecule has 0 aromatic heterocycles. The first-order valence-corrected chi connectivity index (χ1v) is 5.68. The monoisotopic (exact) mass is 251 g/mol. The summed E-state index contributed by atoms with van der Waals surface area (Å²) in [5.74, 6) is -1.34. The molecule has 1 aromatic carbocycles. The summed E-state index contributed by atoms with van der Waals surface area (Å²) < 4.78 is 0. The highest BCUT2D eigenvalue weighted by atomic mass is 16.6. The first-order chi connectivity index (χ1) is 8.43. The van der Waals surface area contributed by atoms with Crippen LogP contribution in [0.5, 0.6) is 0 Å². The molecule has 5 heteroatoms. The molecule has 0 fully saturated rings. The highest BCUT2D eigenvalue weighted by Crippen LogP contribution is 2.21. The minimum absolute atomic E-state index is 0.0606. The van der Waals surface area contributed by atoms with Crippen molar-refractivity contribution in [2.45, 2.75) is 33.6 Å². The Hall–Kier alpha value is -2.04. The molecule has 0 amide bonds. The molecule has 98 valence electrons. The molecular weight excluding hydrogens is 234 g/mol. The molecule has 0 saturated heterocycles. The fourth-order valence-corrected chi connectivity index (χ4v) is 1.54. The molecule has 0 aliphatic rings. The Morgan fingerprint density at radius 3 is 1.72 bits per heavy atom. The van der Waals surface area contributed by atoms with Gasteiger partial charge in [-0.05, 0) is 19.4 Å². The number of benzene rings is 1. The van der Waals surface area contributed by atoms with Crippen molar-refractivity contribution in [3.63, 3.8) is 0 Å². The summed E-state index contributed by atoms with van der Waals surface area (Å²) in [5.41, 5.74) is 0.431. The van der Waals surface area contributed by atoms with Gasteiger partial charge in [0.1, 0.15) is 17.5 Å². The van der Waals surface area contributed by atoms with Crippen LogP contribution in [0.15, 0.2) is 24.3 Å². The second-order valence-electron chi connectivity index (χ2n) is 3.50. The summed E-state index contributed by atoms with van der Waals surface area (Å²) in [6.45, 7) is 6.65. The van der Waals surface area contributed by atoms with Crippen molar-refractivity contribution in [3.05, 3.63) is 39.9 Å². The summed E-state index contributed by atoms with van der Waals surface area (Å²) in [4.78, 5) is 32.4. The number of non-ortho nitro benzene ring substituents is 1. The molecule has 0 radical (unpaired) electrons. The number of nitro groups is 1. The van der Waals surface area contributed by atoms with Gasteiger partial charge in [-0.15, -0.1) is 0 Å². The fraction of sp³-hybridized carbons (Fsp3) is 0.385. The second-order valence-corrected chi connectivity index (χ2v) is 3.50. The van der Waals surface area contributed by atoms with Crippen LogP contribution in [0.4, 0.5) is 5.69 Å². The van der Waals surface area contributed by atoms with Crippen LogP contribution in [-0.4, -0.2) is 16.5 Å². The summed E-state index contributed by atoms with van der Waals surface area (Å²) in [6.07, 6.45) is 0. The largest absolute Gasteiger partial charge is 0.299 e. The van der Waals surface area contributed by atoms with Gasteiger partial charge in [-0.3, -0.25) is 19.7 Å². The zero-order valence-electron chi connectivity index (χ0n) is 11.0. The Balaban J connectivity index is 0.00000137. The second kappa shape index (κ2) is 7.32. The average molecular weight is 251 g/mol. The molecule has 0 saturated carbocycles. The standard InChI is InChI=1S/C11H11NO4.C2H6/c1-7(13)11(8(2)14)9-3-5-10(6-4-9)12(15)16;1-2/h3-6,11H,1-2H3;1-2H3. The maximum Gasteiger partial charge on any atom is 0.269 e. The molecule has 0 aliphatic carbocycles. The highest BCUT2D eigenvalue weighted by Gasteiger charge is 2.22. The van der Waals surface area contributed by atoms with Crippen LogP contribution in [0.2, 0.25) is 0 Å². The van der Waals surface area contributed by atoms with Gasteiger partial charge in [-0.25, -0.2) is 0 Å². The summed E-state index contributed by atoms with van der Waals surface area (Å²) in [7, 11) is 0. The maximum atomic E-state index is 11.2.